The zero-order chi connectivity index (χ0) is 18.1. The van der Waals surface area contributed by atoms with E-state index >= 15 is 0 Å². The number of rotatable bonds is 1. The number of nitrogens with one attached hydrogen (secondary N) is 1. The molecule has 6 heteroatoms. The van der Waals surface area contributed by atoms with Crippen LogP contribution in [0.4, 0.5) is 5.69 Å². The van der Waals surface area contributed by atoms with Gasteiger partial charge in [-0.1, -0.05) is 17.7 Å². The molecule has 1 aliphatic carbocycles. The number of aromatic hydroxyl groups is 1. The number of phenolic OH excluding ortho intramolecular Hbond substituents is 1. The monoisotopic (exact) mass is 356 g/mol. The molecule has 6 rings (SSSR count). The molecule has 4 bridgehead atoms. The Labute approximate surface area is 152 Å². The molecule has 5 aliphatic rings. The minimum absolute atomic E-state index is 0.0809. The lowest BCUT2D eigenvalue weighted by Crippen LogP contribution is -2.50. The molecule has 1 saturated carbocycles. The number of hydroxylamine groups is 1. The van der Waals surface area contributed by atoms with E-state index in [1.165, 1.54) is 17.7 Å². The fourth-order valence-electron chi connectivity index (χ4n) is 5.69. The Hall–Kier alpha value is -1.89. The number of allylic oxidation sites excluding steroid dienone is 1. The average molecular weight is 356 g/mol. The second-order valence-electron chi connectivity index (χ2n) is 7.84. The van der Waals surface area contributed by atoms with Gasteiger partial charge in [0.2, 0.25) is 0 Å². The number of amides is 1. The Morgan fingerprint density at radius 3 is 3.08 bits per heavy atom. The molecule has 4 heterocycles. The van der Waals surface area contributed by atoms with Crippen molar-refractivity contribution >= 4 is 11.6 Å². The van der Waals surface area contributed by atoms with Gasteiger partial charge < -0.3 is 15.2 Å². The van der Waals surface area contributed by atoms with Crippen molar-refractivity contribution in [3.63, 3.8) is 0 Å². The average Bonchev–Trinajstić information content (AvgIpc) is 2.74. The summed E-state index contributed by atoms with van der Waals surface area (Å²) >= 11 is 0. The fourth-order valence-corrected chi connectivity index (χ4v) is 5.69. The topological polar surface area (TPSA) is 71.0 Å². The van der Waals surface area contributed by atoms with E-state index in [0.29, 0.717) is 30.6 Å². The van der Waals surface area contributed by atoms with Gasteiger partial charge in [0.15, 0.2) is 0 Å². The molecule has 3 saturated heterocycles. The largest absolute Gasteiger partial charge is 0.508 e. The number of piperidine rings is 1. The van der Waals surface area contributed by atoms with Crippen molar-refractivity contribution in [2.45, 2.75) is 37.3 Å². The first-order valence-electron chi connectivity index (χ1n) is 9.32. The van der Waals surface area contributed by atoms with Crippen LogP contribution in [0.2, 0.25) is 0 Å². The van der Waals surface area contributed by atoms with Gasteiger partial charge in [0.25, 0.3) is 5.91 Å². The van der Waals surface area contributed by atoms with Crippen molar-refractivity contribution in [3.8, 4) is 5.75 Å². The molecule has 2 N–H and O–H groups in total. The Bertz CT molecular complexity index is 807. The number of carbonyl (C=O) groups excluding carboxylic acids is 1. The third-order valence-electron chi connectivity index (χ3n) is 6.93. The van der Waals surface area contributed by atoms with Crippen LogP contribution in [-0.4, -0.2) is 43.4 Å². The van der Waals surface area contributed by atoms with E-state index in [1.807, 2.05) is 6.07 Å². The Kier molecular flexibility index (Phi) is 3.48. The molecular formula is C20H24N2O4. The summed E-state index contributed by atoms with van der Waals surface area (Å²) in [6.07, 6.45) is 3.59. The molecule has 2 unspecified atom stereocenters. The number of benzene rings is 1. The number of hydrogen-bond acceptors (Lipinski definition) is 5. The van der Waals surface area contributed by atoms with E-state index in [4.69, 9.17) is 9.57 Å². The lowest BCUT2D eigenvalue weighted by Gasteiger charge is -2.42. The van der Waals surface area contributed by atoms with Crippen LogP contribution in [0.1, 0.15) is 25.3 Å². The van der Waals surface area contributed by atoms with Crippen LogP contribution >= 0.6 is 0 Å². The Balaban J connectivity index is 1.69. The molecule has 0 aromatic heterocycles. The van der Waals surface area contributed by atoms with Gasteiger partial charge in [0.1, 0.15) is 11.2 Å². The molecule has 1 amide bonds. The summed E-state index contributed by atoms with van der Waals surface area (Å²) in [5.41, 5.74) is 2.21. The lowest BCUT2D eigenvalue weighted by molar-refractivity contribution is -0.137. The van der Waals surface area contributed by atoms with E-state index in [9.17, 15) is 9.90 Å². The second kappa shape index (κ2) is 5.55. The van der Waals surface area contributed by atoms with Crippen LogP contribution in [0.15, 0.2) is 29.8 Å². The van der Waals surface area contributed by atoms with Gasteiger partial charge in [-0.05, 0) is 37.3 Å². The normalized spacial score (nSPS) is 39.5. The van der Waals surface area contributed by atoms with Crippen LogP contribution in [0.3, 0.4) is 0 Å². The number of anilines is 1. The number of fused-ring (bicyclic) bond motifs is 2. The summed E-state index contributed by atoms with van der Waals surface area (Å²) < 4.78 is 6.29. The number of nitrogens with zero attached hydrogens (tertiary/aromatic N) is 1. The molecule has 138 valence electrons. The molecule has 26 heavy (non-hydrogen) atoms. The standard InChI is InChI=1S/C20H24N2O4/c1-3-11-9-21-16-8-20(18-7-13(11)14(16)10-26-18)15-5-4-12(23)6-17(15)22(25-2)19(20)24/h3-6,13-14,16,18,21,23H,7-10H2,1-2H3/t13-,14?,16?,18-,20-/m0/s1. The van der Waals surface area contributed by atoms with Crippen molar-refractivity contribution in [2.24, 2.45) is 11.8 Å². The van der Waals surface area contributed by atoms with Crippen molar-refractivity contribution in [2.75, 3.05) is 25.3 Å². The maximum Gasteiger partial charge on any atom is 0.264 e. The van der Waals surface area contributed by atoms with Gasteiger partial charge >= 0.3 is 0 Å². The molecule has 5 atom stereocenters. The Morgan fingerprint density at radius 1 is 1.46 bits per heavy atom. The van der Waals surface area contributed by atoms with Crippen LogP contribution in [0.25, 0.3) is 0 Å². The lowest BCUT2D eigenvalue weighted by atomic mass is 9.72. The van der Waals surface area contributed by atoms with Crippen molar-refractivity contribution in [3.05, 3.63) is 35.4 Å². The van der Waals surface area contributed by atoms with Crippen LogP contribution in [-0.2, 0) is 19.8 Å². The predicted molar refractivity (Wildman–Crippen MR) is 95.8 cm³/mol. The molecule has 1 aromatic rings. The number of hydrogen-bond donors (Lipinski definition) is 2. The molecule has 1 spiro atoms. The summed E-state index contributed by atoms with van der Waals surface area (Å²) in [7, 11) is 1.49. The first kappa shape index (κ1) is 16.3. The van der Waals surface area contributed by atoms with Crippen molar-refractivity contribution in [1.82, 2.24) is 5.32 Å². The quantitative estimate of drug-likeness (QED) is 0.752. The van der Waals surface area contributed by atoms with Crippen molar-refractivity contribution < 1.29 is 19.5 Å². The number of phenols is 1. The van der Waals surface area contributed by atoms with Crippen LogP contribution in [0.5, 0.6) is 5.75 Å². The maximum atomic E-state index is 13.6. The predicted octanol–water partition coefficient (Wildman–Crippen LogP) is 1.88. The zero-order valence-corrected chi connectivity index (χ0v) is 15.1. The van der Waals surface area contributed by atoms with Gasteiger partial charge in [0.05, 0.1) is 25.5 Å². The van der Waals surface area contributed by atoms with Crippen LogP contribution < -0.4 is 10.4 Å². The second-order valence-corrected chi connectivity index (χ2v) is 7.84. The summed E-state index contributed by atoms with van der Waals surface area (Å²) in [5.74, 6) is 0.912. The first-order chi connectivity index (χ1) is 12.6. The Morgan fingerprint density at radius 2 is 2.31 bits per heavy atom. The summed E-state index contributed by atoms with van der Waals surface area (Å²) in [6.45, 7) is 3.66. The highest BCUT2D eigenvalue weighted by Crippen LogP contribution is 2.56. The summed E-state index contributed by atoms with van der Waals surface area (Å²) in [6, 6.07) is 5.36. The van der Waals surface area contributed by atoms with E-state index in [0.717, 1.165) is 18.5 Å². The highest BCUT2D eigenvalue weighted by Gasteiger charge is 2.63. The molecule has 0 radical (unpaired) electrons. The minimum atomic E-state index is -0.761. The van der Waals surface area contributed by atoms with E-state index < -0.39 is 5.41 Å². The smallest absolute Gasteiger partial charge is 0.264 e. The highest BCUT2D eigenvalue weighted by molar-refractivity contribution is 6.07. The van der Waals surface area contributed by atoms with Gasteiger partial charge in [-0.15, -0.1) is 0 Å². The zero-order valence-electron chi connectivity index (χ0n) is 15.1. The highest BCUT2D eigenvalue weighted by atomic mass is 16.7. The van der Waals surface area contributed by atoms with Gasteiger partial charge in [-0.25, -0.2) is 0 Å². The van der Waals surface area contributed by atoms with E-state index in [1.54, 1.807) is 12.1 Å². The first-order valence-corrected chi connectivity index (χ1v) is 9.32. The van der Waals surface area contributed by atoms with Gasteiger partial charge in [-0.2, -0.15) is 5.06 Å². The fraction of sp³-hybridized carbons (Fsp3) is 0.550. The third kappa shape index (κ3) is 1.89. The van der Waals surface area contributed by atoms with Crippen LogP contribution in [0, 0.1) is 11.8 Å². The van der Waals surface area contributed by atoms with Gasteiger partial charge in [0, 0.05) is 24.6 Å². The molecule has 6 nitrogen and oxygen atoms in total. The van der Waals surface area contributed by atoms with Gasteiger partial charge in [-0.3, -0.25) is 9.63 Å². The molecular weight excluding hydrogens is 332 g/mol. The number of ether oxygens (including phenoxy) is 1. The number of carbonyl (C=O) groups is 1. The minimum Gasteiger partial charge on any atom is -0.508 e. The SMILES string of the molecule is CC=C1CNC2C[C@@]3(C(=O)N(OC)c4cc(O)ccc43)[C@@H]3C[C@@H]1C2CO3. The summed E-state index contributed by atoms with van der Waals surface area (Å²) in [5, 5.41) is 14.9. The van der Waals surface area contributed by atoms with E-state index in [2.05, 4.69) is 18.3 Å². The van der Waals surface area contributed by atoms with E-state index in [-0.39, 0.29) is 23.8 Å². The van der Waals surface area contributed by atoms with Crippen molar-refractivity contribution in [1.29, 1.82) is 0 Å². The third-order valence-corrected chi connectivity index (χ3v) is 6.93. The maximum absolute atomic E-state index is 13.6. The molecule has 1 aromatic carbocycles. The molecule has 4 fully saturated rings. The summed E-state index contributed by atoms with van der Waals surface area (Å²) in [4.78, 5) is 19.0. The molecule has 4 aliphatic heterocycles.